The molecule has 2 aromatic rings. The summed E-state index contributed by atoms with van der Waals surface area (Å²) < 4.78 is 13.9. The number of hydrogen-bond donors (Lipinski definition) is 1. The molecule has 0 radical (unpaired) electrons. The van der Waals surface area contributed by atoms with Gasteiger partial charge in [-0.05, 0) is 19.4 Å². The van der Waals surface area contributed by atoms with E-state index >= 15 is 0 Å². The molecule has 20 heavy (non-hydrogen) atoms. The molecule has 2 heterocycles. The van der Waals surface area contributed by atoms with Crippen molar-refractivity contribution in [2.24, 2.45) is 0 Å². The predicted molar refractivity (Wildman–Crippen MR) is 78.8 cm³/mol. The summed E-state index contributed by atoms with van der Waals surface area (Å²) in [4.78, 5) is 12.3. The zero-order valence-electron chi connectivity index (χ0n) is 11.0. The molecule has 0 fully saturated rings. The Morgan fingerprint density at radius 1 is 1.30 bits per heavy atom. The van der Waals surface area contributed by atoms with E-state index < -0.39 is 5.82 Å². The first-order valence-corrected chi connectivity index (χ1v) is 6.88. The average molecular weight is 315 g/mol. The molecule has 0 amide bonds. The summed E-state index contributed by atoms with van der Waals surface area (Å²) in [6.45, 7) is 4.17. The van der Waals surface area contributed by atoms with E-state index in [-0.39, 0.29) is 17.3 Å². The first-order valence-electron chi connectivity index (χ1n) is 6.12. The molecule has 4 nitrogen and oxygen atoms in total. The van der Waals surface area contributed by atoms with Gasteiger partial charge in [-0.1, -0.05) is 30.1 Å². The van der Waals surface area contributed by atoms with Crippen molar-refractivity contribution in [2.75, 3.05) is 11.9 Å². The van der Waals surface area contributed by atoms with Gasteiger partial charge in [0.1, 0.15) is 5.69 Å². The van der Waals surface area contributed by atoms with Crippen LogP contribution in [0.3, 0.4) is 0 Å². The lowest BCUT2D eigenvalue weighted by molar-refractivity contribution is 0.605. The topological polar surface area (TPSA) is 50.7 Å². The van der Waals surface area contributed by atoms with E-state index in [1.54, 1.807) is 13.0 Å². The minimum Gasteiger partial charge on any atom is -0.368 e. The first-order chi connectivity index (χ1) is 9.52. The smallest absolute Gasteiger partial charge is 0.186 e. The molecule has 0 saturated carbocycles. The van der Waals surface area contributed by atoms with Crippen molar-refractivity contribution in [1.82, 2.24) is 15.0 Å². The van der Waals surface area contributed by atoms with Gasteiger partial charge in [-0.15, -0.1) is 0 Å². The SMILES string of the molecule is CCCNc1nc(-c2ncc(Cl)cc2Cl)nc(C)c1F. The van der Waals surface area contributed by atoms with Crippen LogP contribution < -0.4 is 5.32 Å². The first kappa shape index (κ1) is 14.9. The van der Waals surface area contributed by atoms with Crippen LogP contribution in [0, 0.1) is 12.7 Å². The number of hydrogen-bond acceptors (Lipinski definition) is 4. The van der Waals surface area contributed by atoms with Crippen molar-refractivity contribution in [2.45, 2.75) is 20.3 Å². The number of nitrogens with one attached hydrogen (secondary N) is 1. The number of anilines is 1. The van der Waals surface area contributed by atoms with Crippen LogP contribution in [0.15, 0.2) is 12.3 Å². The summed E-state index contributed by atoms with van der Waals surface area (Å²) in [5, 5.41) is 3.66. The minimum absolute atomic E-state index is 0.155. The standard InChI is InChI=1S/C13H13Cl2FN4/c1-3-4-17-12-10(16)7(2)19-13(20-12)11-9(15)5-8(14)6-18-11/h5-6H,3-4H2,1-2H3,(H,17,19,20). The second-order valence-electron chi connectivity index (χ2n) is 4.21. The molecular weight excluding hydrogens is 302 g/mol. The molecule has 0 aromatic carbocycles. The van der Waals surface area contributed by atoms with E-state index in [1.165, 1.54) is 6.20 Å². The third-order valence-electron chi connectivity index (χ3n) is 2.58. The molecule has 0 atom stereocenters. The van der Waals surface area contributed by atoms with E-state index in [1.807, 2.05) is 6.92 Å². The Hall–Kier alpha value is -1.46. The van der Waals surface area contributed by atoms with Crippen LogP contribution in [0.4, 0.5) is 10.2 Å². The third-order valence-corrected chi connectivity index (χ3v) is 3.07. The van der Waals surface area contributed by atoms with Crippen LogP contribution in [-0.2, 0) is 0 Å². The van der Waals surface area contributed by atoms with Crippen molar-refractivity contribution in [3.8, 4) is 11.5 Å². The number of aryl methyl sites for hydroxylation is 1. The molecule has 0 aliphatic rings. The van der Waals surface area contributed by atoms with Crippen molar-refractivity contribution < 1.29 is 4.39 Å². The van der Waals surface area contributed by atoms with Gasteiger partial charge in [0, 0.05) is 12.7 Å². The Bertz CT molecular complexity index is 634. The largest absolute Gasteiger partial charge is 0.368 e. The highest BCUT2D eigenvalue weighted by atomic mass is 35.5. The van der Waals surface area contributed by atoms with Gasteiger partial charge in [0.15, 0.2) is 17.5 Å². The van der Waals surface area contributed by atoms with Crippen molar-refractivity contribution in [1.29, 1.82) is 0 Å². The molecule has 2 aromatic heterocycles. The highest BCUT2D eigenvalue weighted by Gasteiger charge is 2.15. The summed E-state index contributed by atoms with van der Waals surface area (Å²) in [7, 11) is 0. The van der Waals surface area contributed by atoms with Crippen LogP contribution in [0.1, 0.15) is 19.0 Å². The molecule has 1 N–H and O–H groups in total. The Kier molecular flexibility index (Phi) is 4.73. The molecule has 0 aliphatic carbocycles. The maximum atomic E-state index is 13.9. The molecule has 0 saturated heterocycles. The fraction of sp³-hybridized carbons (Fsp3) is 0.308. The summed E-state index contributed by atoms with van der Waals surface area (Å²) in [6.07, 6.45) is 2.31. The number of aromatic nitrogens is 3. The summed E-state index contributed by atoms with van der Waals surface area (Å²) in [5.41, 5.74) is 0.611. The van der Waals surface area contributed by atoms with E-state index in [4.69, 9.17) is 23.2 Å². The maximum Gasteiger partial charge on any atom is 0.186 e. The number of nitrogens with zero attached hydrogens (tertiary/aromatic N) is 3. The molecule has 2 rings (SSSR count). The van der Waals surface area contributed by atoms with Gasteiger partial charge >= 0.3 is 0 Å². The molecule has 0 bridgehead atoms. The third kappa shape index (κ3) is 3.16. The molecule has 0 aliphatic heterocycles. The Labute approximate surface area is 126 Å². The van der Waals surface area contributed by atoms with Crippen molar-refractivity contribution >= 4 is 29.0 Å². The lowest BCUT2D eigenvalue weighted by Crippen LogP contribution is -2.08. The van der Waals surface area contributed by atoms with Gasteiger partial charge < -0.3 is 5.32 Å². The lowest BCUT2D eigenvalue weighted by atomic mass is 10.3. The van der Waals surface area contributed by atoms with Crippen molar-refractivity contribution in [3.63, 3.8) is 0 Å². The number of rotatable bonds is 4. The highest BCUT2D eigenvalue weighted by Crippen LogP contribution is 2.27. The van der Waals surface area contributed by atoms with Crippen LogP contribution >= 0.6 is 23.2 Å². The van der Waals surface area contributed by atoms with Gasteiger partial charge in [-0.25, -0.2) is 19.3 Å². The molecule has 7 heteroatoms. The van der Waals surface area contributed by atoms with E-state index in [0.29, 0.717) is 22.3 Å². The van der Waals surface area contributed by atoms with Crippen LogP contribution in [0.25, 0.3) is 11.5 Å². The van der Waals surface area contributed by atoms with Gasteiger partial charge in [-0.3, -0.25) is 0 Å². The summed E-state index contributed by atoms with van der Waals surface area (Å²) in [5.74, 6) is -0.0429. The van der Waals surface area contributed by atoms with Gasteiger partial charge in [0.2, 0.25) is 0 Å². The Morgan fingerprint density at radius 3 is 2.70 bits per heavy atom. The molecular formula is C13H13Cl2FN4. The monoisotopic (exact) mass is 314 g/mol. The predicted octanol–water partition coefficient (Wildman–Crippen LogP) is 4.11. The maximum absolute atomic E-state index is 13.9. The van der Waals surface area contributed by atoms with Gasteiger partial charge in [0.05, 0.1) is 15.7 Å². The zero-order valence-corrected chi connectivity index (χ0v) is 12.6. The Morgan fingerprint density at radius 2 is 2.05 bits per heavy atom. The fourth-order valence-corrected chi connectivity index (χ4v) is 2.07. The van der Waals surface area contributed by atoms with Crippen LogP contribution in [-0.4, -0.2) is 21.5 Å². The Balaban J connectivity index is 2.48. The average Bonchev–Trinajstić information content (AvgIpc) is 2.40. The normalized spacial score (nSPS) is 10.7. The van der Waals surface area contributed by atoms with E-state index in [0.717, 1.165) is 6.42 Å². The minimum atomic E-state index is -0.465. The highest BCUT2D eigenvalue weighted by molar-refractivity contribution is 6.35. The van der Waals surface area contributed by atoms with Crippen molar-refractivity contribution in [3.05, 3.63) is 33.8 Å². The van der Waals surface area contributed by atoms with Crippen LogP contribution in [0.2, 0.25) is 10.0 Å². The van der Waals surface area contributed by atoms with Crippen LogP contribution in [0.5, 0.6) is 0 Å². The second-order valence-corrected chi connectivity index (χ2v) is 5.05. The molecule has 0 unspecified atom stereocenters. The van der Waals surface area contributed by atoms with Gasteiger partial charge in [0.25, 0.3) is 0 Å². The number of pyridine rings is 1. The lowest BCUT2D eigenvalue weighted by Gasteiger charge is -2.10. The summed E-state index contributed by atoms with van der Waals surface area (Å²) >= 11 is 11.9. The second kappa shape index (κ2) is 6.33. The van der Waals surface area contributed by atoms with Gasteiger partial charge in [-0.2, -0.15) is 0 Å². The summed E-state index contributed by atoms with van der Waals surface area (Å²) in [6, 6.07) is 1.55. The quantitative estimate of drug-likeness (QED) is 0.922. The van der Waals surface area contributed by atoms with E-state index in [9.17, 15) is 4.39 Å². The molecule has 0 spiro atoms. The fourth-order valence-electron chi connectivity index (χ4n) is 1.60. The zero-order chi connectivity index (χ0) is 14.7. The number of halogens is 3. The molecule has 106 valence electrons. The van der Waals surface area contributed by atoms with E-state index in [2.05, 4.69) is 20.3 Å².